The smallest absolute Gasteiger partial charge is 0.341 e. The van der Waals surface area contributed by atoms with E-state index in [0.29, 0.717) is 33.0 Å². The molecule has 1 amide bonds. The number of nitrogens with zero attached hydrogens (tertiary/aromatic N) is 2. The molecule has 7 nitrogen and oxygen atoms in total. The summed E-state index contributed by atoms with van der Waals surface area (Å²) in [5.74, 6) is -0.741. The lowest BCUT2D eigenvalue weighted by Gasteiger charge is -2.13. The molecule has 2 N–H and O–H groups in total. The van der Waals surface area contributed by atoms with Crippen LogP contribution in [0.1, 0.15) is 56.7 Å². The number of ether oxygens (including phenoxy) is 1. The van der Waals surface area contributed by atoms with Crippen LogP contribution in [0.4, 0.5) is 5.00 Å². The third-order valence-electron chi connectivity index (χ3n) is 4.47. The van der Waals surface area contributed by atoms with E-state index < -0.39 is 0 Å². The number of anilines is 1. The van der Waals surface area contributed by atoms with Gasteiger partial charge in [-0.25, -0.2) is 4.79 Å². The number of carbonyl (C=O) groups excluding carboxylic acids is 2. The van der Waals surface area contributed by atoms with Crippen molar-refractivity contribution in [3.8, 4) is 0 Å². The number of aryl methyl sites for hydroxylation is 3. The van der Waals surface area contributed by atoms with Gasteiger partial charge in [-0.15, -0.1) is 11.3 Å². The topological polar surface area (TPSA) is 85.2 Å². The number of amides is 1. The molecule has 0 atom stereocenters. The molecule has 2 aromatic heterocycles. The molecule has 0 fully saturated rings. The van der Waals surface area contributed by atoms with E-state index in [-0.39, 0.29) is 17.0 Å². The number of esters is 1. The first-order chi connectivity index (χ1) is 13.3. The molecule has 2 heterocycles. The first-order valence-corrected chi connectivity index (χ1v) is 11.0. The highest BCUT2D eigenvalue weighted by atomic mass is 79.9. The fourth-order valence-electron chi connectivity index (χ4n) is 3.25. The van der Waals surface area contributed by atoms with Gasteiger partial charge >= 0.3 is 5.97 Å². The zero-order chi connectivity index (χ0) is 20.4. The van der Waals surface area contributed by atoms with E-state index >= 15 is 0 Å². The van der Waals surface area contributed by atoms with Crippen molar-refractivity contribution in [1.29, 1.82) is 0 Å². The van der Waals surface area contributed by atoms with Gasteiger partial charge in [-0.1, -0.05) is 0 Å². The third-order valence-corrected chi connectivity index (χ3v) is 6.83. The van der Waals surface area contributed by atoms with Crippen molar-refractivity contribution in [2.24, 2.45) is 7.05 Å². The van der Waals surface area contributed by atoms with Crippen molar-refractivity contribution in [3.05, 3.63) is 31.9 Å². The number of aromatic nitrogens is 2. The van der Waals surface area contributed by atoms with Gasteiger partial charge < -0.3 is 10.1 Å². The summed E-state index contributed by atoms with van der Waals surface area (Å²) in [6.07, 6.45) is 3.94. The number of carbonyl (C=O) groups is 2. The predicted molar refractivity (Wildman–Crippen MR) is 116 cm³/mol. The van der Waals surface area contributed by atoms with Gasteiger partial charge in [0.1, 0.15) is 10.7 Å². The van der Waals surface area contributed by atoms with Gasteiger partial charge in [0.15, 0.2) is 5.11 Å². The lowest BCUT2D eigenvalue weighted by molar-refractivity contribution is 0.0526. The van der Waals surface area contributed by atoms with Crippen LogP contribution < -0.4 is 10.6 Å². The van der Waals surface area contributed by atoms with Crippen LogP contribution in [0.25, 0.3) is 0 Å². The molecule has 0 bridgehead atoms. The molecule has 3 rings (SSSR count). The van der Waals surface area contributed by atoms with Crippen LogP contribution in [0.5, 0.6) is 0 Å². The number of thiocarbonyl (C=S) groups is 1. The number of rotatable bonds is 4. The van der Waals surface area contributed by atoms with Crippen LogP contribution in [0, 0.1) is 6.92 Å². The summed E-state index contributed by atoms with van der Waals surface area (Å²) < 4.78 is 7.35. The van der Waals surface area contributed by atoms with Gasteiger partial charge in [-0.05, 0) is 73.2 Å². The van der Waals surface area contributed by atoms with Gasteiger partial charge in [0.2, 0.25) is 0 Å². The lowest BCUT2D eigenvalue weighted by Crippen LogP contribution is -2.35. The number of nitrogens with one attached hydrogen (secondary N) is 2. The van der Waals surface area contributed by atoms with Crippen molar-refractivity contribution in [2.45, 2.75) is 39.5 Å². The molecule has 2 aromatic rings. The minimum Gasteiger partial charge on any atom is -0.462 e. The van der Waals surface area contributed by atoms with Crippen molar-refractivity contribution in [3.63, 3.8) is 0 Å². The molecule has 1 aliphatic carbocycles. The molecule has 0 unspecified atom stereocenters. The van der Waals surface area contributed by atoms with E-state index in [0.717, 1.165) is 31.2 Å². The Bertz CT molecular complexity index is 951. The average Bonchev–Trinajstić information content (AvgIpc) is 3.11. The van der Waals surface area contributed by atoms with Crippen LogP contribution in [0.15, 0.2) is 4.47 Å². The SMILES string of the molecule is CCOC(=O)c1c(NC(=S)NC(=O)c2c(Br)c(C)nn2C)sc2c1CCCC2. The molecule has 0 radical (unpaired) electrons. The van der Waals surface area contributed by atoms with E-state index in [1.165, 1.54) is 20.9 Å². The number of hydrogen-bond acceptors (Lipinski definition) is 6. The monoisotopic (exact) mass is 484 g/mol. The van der Waals surface area contributed by atoms with Crippen LogP contribution >= 0.6 is 39.5 Å². The fourth-order valence-corrected chi connectivity index (χ4v) is 5.31. The molecule has 10 heteroatoms. The standard InChI is InChI=1S/C18H21BrN4O3S2/c1-4-26-17(25)12-10-7-5-6-8-11(10)28-16(12)21-18(27)20-15(24)14-13(19)9(2)22-23(14)3/h4-8H2,1-3H3,(H2,20,21,24,27). The summed E-state index contributed by atoms with van der Waals surface area (Å²) in [5, 5.41) is 10.6. The Morgan fingerprint density at radius 3 is 2.71 bits per heavy atom. The first kappa shape index (κ1) is 20.9. The highest BCUT2D eigenvalue weighted by Crippen LogP contribution is 2.38. The Kier molecular flexibility index (Phi) is 6.51. The highest BCUT2D eigenvalue weighted by molar-refractivity contribution is 9.10. The van der Waals surface area contributed by atoms with Crippen molar-refractivity contribution < 1.29 is 14.3 Å². The normalized spacial score (nSPS) is 13.0. The molecule has 0 saturated heterocycles. The Morgan fingerprint density at radius 2 is 2.07 bits per heavy atom. The highest BCUT2D eigenvalue weighted by Gasteiger charge is 2.27. The predicted octanol–water partition coefficient (Wildman–Crippen LogP) is 3.73. The molecule has 28 heavy (non-hydrogen) atoms. The Labute approximate surface area is 181 Å². The summed E-state index contributed by atoms with van der Waals surface area (Å²) in [7, 11) is 1.69. The number of halogens is 1. The van der Waals surface area contributed by atoms with Crippen LogP contribution in [-0.2, 0) is 24.6 Å². The summed E-state index contributed by atoms with van der Waals surface area (Å²) >= 11 is 10.2. The maximum atomic E-state index is 12.6. The quantitative estimate of drug-likeness (QED) is 0.507. The van der Waals surface area contributed by atoms with Gasteiger partial charge in [0, 0.05) is 11.9 Å². The van der Waals surface area contributed by atoms with E-state index in [1.54, 1.807) is 20.9 Å². The minimum absolute atomic E-state index is 0.125. The lowest BCUT2D eigenvalue weighted by atomic mass is 9.95. The molecule has 0 aromatic carbocycles. The summed E-state index contributed by atoms with van der Waals surface area (Å²) in [4.78, 5) is 26.3. The summed E-state index contributed by atoms with van der Waals surface area (Å²) in [6.45, 7) is 3.89. The molecule has 0 spiro atoms. The zero-order valence-electron chi connectivity index (χ0n) is 15.8. The van der Waals surface area contributed by atoms with Crippen molar-refractivity contribution >= 4 is 61.5 Å². The van der Waals surface area contributed by atoms with E-state index in [9.17, 15) is 9.59 Å². The fraction of sp³-hybridized carbons (Fsp3) is 0.444. The third kappa shape index (κ3) is 4.13. The molecule has 1 aliphatic rings. The Morgan fingerprint density at radius 1 is 1.36 bits per heavy atom. The Balaban J connectivity index is 1.81. The second-order valence-electron chi connectivity index (χ2n) is 6.42. The number of fused-ring (bicyclic) bond motifs is 1. The van der Waals surface area contributed by atoms with E-state index in [4.69, 9.17) is 17.0 Å². The average molecular weight is 485 g/mol. The number of thiophene rings is 1. The van der Waals surface area contributed by atoms with Gasteiger partial charge in [0.05, 0.1) is 22.3 Å². The molecule has 0 aliphatic heterocycles. The minimum atomic E-state index is -0.383. The largest absolute Gasteiger partial charge is 0.462 e. The van der Waals surface area contributed by atoms with Crippen LogP contribution in [-0.4, -0.2) is 33.4 Å². The zero-order valence-corrected chi connectivity index (χ0v) is 19.1. The van der Waals surface area contributed by atoms with Crippen LogP contribution in [0.3, 0.4) is 0 Å². The summed E-state index contributed by atoms with van der Waals surface area (Å²) in [5.41, 5.74) is 2.66. The van der Waals surface area contributed by atoms with E-state index in [1.807, 2.05) is 0 Å². The van der Waals surface area contributed by atoms with Gasteiger partial charge in [0.25, 0.3) is 5.91 Å². The second-order valence-corrected chi connectivity index (χ2v) is 8.72. The molecular formula is C18H21BrN4O3S2. The molecule has 150 valence electrons. The van der Waals surface area contributed by atoms with E-state index in [2.05, 4.69) is 31.7 Å². The first-order valence-electron chi connectivity index (χ1n) is 8.96. The van der Waals surface area contributed by atoms with Crippen molar-refractivity contribution in [2.75, 3.05) is 11.9 Å². The molecular weight excluding hydrogens is 464 g/mol. The van der Waals surface area contributed by atoms with Gasteiger partial charge in [-0.3, -0.25) is 14.8 Å². The maximum Gasteiger partial charge on any atom is 0.341 e. The number of hydrogen-bond donors (Lipinski definition) is 2. The summed E-state index contributed by atoms with van der Waals surface area (Å²) in [6, 6.07) is 0. The Hall–Kier alpha value is -1.78. The maximum absolute atomic E-state index is 12.6. The van der Waals surface area contributed by atoms with Crippen LogP contribution in [0.2, 0.25) is 0 Å². The van der Waals surface area contributed by atoms with Crippen molar-refractivity contribution in [1.82, 2.24) is 15.1 Å². The van der Waals surface area contributed by atoms with Gasteiger partial charge in [-0.2, -0.15) is 5.10 Å². The molecule has 0 saturated carbocycles. The second kappa shape index (κ2) is 8.71.